The van der Waals surface area contributed by atoms with Crippen molar-refractivity contribution < 1.29 is 17.9 Å². The first-order chi connectivity index (χ1) is 15.3. The molecule has 0 unspecified atom stereocenters. The maximum Gasteiger partial charge on any atom is 0.367 e. The number of phenols is 1. The van der Waals surface area contributed by atoms with Crippen molar-refractivity contribution in [2.75, 3.05) is 26.5 Å². The molecule has 0 spiro atoms. The molecule has 1 aromatic heterocycles. The average Bonchev–Trinajstić information content (AvgIpc) is 3.24. The molecule has 33 heavy (non-hydrogen) atoms. The van der Waals surface area contributed by atoms with E-state index in [9.17, 15) is 13.5 Å². The fourth-order valence-corrected chi connectivity index (χ4v) is 4.29. The van der Waals surface area contributed by atoms with Gasteiger partial charge in [-0.3, -0.25) is 4.99 Å². The van der Waals surface area contributed by atoms with Gasteiger partial charge in [-0.1, -0.05) is 26.8 Å². The third kappa shape index (κ3) is 5.48. The first-order valence-electron chi connectivity index (χ1n) is 10.0. The van der Waals surface area contributed by atoms with Crippen LogP contribution in [0.1, 0.15) is 38.1 Å². The van der Waals surface area contributed by atoms with Crippen molar-refractivity contribution >= 4 is 45.0 Å². The van der Waals surface area contributed by atoms with Crippen LogP contribution in [-0.2, 0) is 10.2 Å². The van der Waals surface area contributed by atoms with Crippen LogP contribution in [0.2, 0.25) is 5.22 Å². The average molecular weight is 495 g/mol. The molecule has 1 aromatic carbocycles. The highest BCUT2D eigenvalue weighted by atomic mass is 35.5. The van der Waals surface area contributed by atoms with E-state index >= 15 is 0 Å². The van der Waals surface area contributed by atoms with Crippen molar-refractivity contribution in [2.45, 2.75) is 26.8 Å². The summed E-state index contributed by atoms with van der Waals surface area (Å²) in [5.41, 5.74) is 0.314. The number of amidine groups is 3. The number of phenolic OH excluding ortho intramolecular Hbond substituents is 1. The zero-order valence-electron chi connectivity index (χ0n) is 19.2. The van der Waals surface area contributed by atoms with E-state index in [1.807, 2.05) is 20.8 Å². The van der Waals surface area contributed by atoms with E-state index in [0.29, 0.717) is 17.2 Å². The van der Waals surface area contributed by atoms with Crippen LogP contribution < -0.4 is 10.6 Å². The van der Waals surface area contributed by atoms with Gasteiger partial charge in [0.2, 0.25) is 0 Å². The number of para-hydroxylation sites is 1. The molecule has 178 valence electrons. The van der Waals surface area contributed by atoms with Gasteiger partial charge in [0, 0.05) is 21.1 Å². The van der Waals surface area contributed by atoms with Crippen LogP contribution in [0.4, 0.5) is 5.69 Å². The Morgan fingerprint density at radius 3 is 2.39 bits per heavy atom. The first kappa shape index (κ1) is 24.6. The van der Waals surface area contributed by atoms with Gasteiger partial charge in [-0.2, -0.15) is 8.42 Å². The Hall–Kier alpha value is -3.05. The summed E-state index contributed by atoms with van der Waals surface area (Å²) in [6.45, 7) is 5.87. The van der Waals surface area contributed by atoms with Crippen molar-refractivity contribution in [1.82, 2.24) is 10.2 Å². The van der Waals surface area contributed by atoms with Gasteiger partial charge in [0.15, 0.2) is 16.9 Å². The summed E-state index contributed by atoms with van der Waals surface area (Å²) in [4.78, 5) is 5.96. The van der Waals surface area contributed by atoms with Crippen molar-refractivity contribution in [3.63, 3.8) is 0 Å². The normalized spacial score (nSPS) is 16.8. The highest BCUT2D eigenvalue weighted by molar-refractivity contribution is 7.89. The van der Waals surface area contributed by atoms with Gasteiger partial charge in [-0.05, 0) is 41.3 Å². The third-order valence-electron chi connectivity index (χ3n) is 4.83. The topological polar surface area (TPSA) is 132 Å². The van der Waals surface area contributed by atoms with E-state index in [1.54, 1.807) is 56.4 Å². The SMILES string of the molecule is C/N=C(/c1cccc(NC2=NS(=O)(=O)N=C2N[C@@H](c2ccc(Cl)o2)C(C)(C)C)c1O)N(C)C. The van der Waals surface area contributed by atoms with Gasteiger partial charge in [0.25, 0.3) is 0 Å². The Morgan fingerprint density at radius 1 is 1.18 bits per heavy atom. The molecular weight excluding hydrogens is 468 g/mol. The quantitative estimate of drug-likeness (QED) is 0.337. The van der Waals surface area contributed by atoms with Crippen LogP contribution in [-0.4, -0.2) is 57.1 Å². The summed E-state index contributed by atoms with van der Waals surface area (Å²) >= 11 is 5.95. The highest BCUT2D eigenvalue weighted by Gasteiger charge is 2.34. The molecular formula is C21H27ClN6O4S. The van der Waals surface area contributed by atoms with Gasteiger partial charge in [-0.25, -0.2) is 0 Å². The number of nitrogens with one attached hydrogen (secondary N) is 2. The molecule has 0 bridgehead atoms. The summed E-state index contributed by atoms with van der Waals surface area (Å²) in [6.07, 6.45) is 0. The minimum absolute atomic E-state index is 0.00996. The number of aromatic hydroxyl groups is 1. The van der Waals surface area contributed by atoms with Crippen LogP contribution in [0.15, 0.2) is 48.5 Å². The molecule has 3 rings (SSSR count). The predicted molar refractivity (Wildman–Crippen MR) is 131 cm³/mol. The molecule has 10 nitrogen and oxygen atoms in total. The number of benzene rings is 1. The Balaban J connectivity index is 1.97. The zero-order valence-corrected chi connectivity index (χ0v) is 20.8. The van der Waals surface area contributed by atoms with E-state index in [4.69, 9.17) is 16.0 Å². The smallest absolute Gasteiger partial charge is 0.367 e. The van der Waals surface area contributed by atoms with Crippen LogP contribution in [0, 0.1) is 5.41 Å². The molecule has 0 aliphatic carbocycles. The van der Waals surface area contributed by atoms with Crippen molar-refractivity contribution in [3.8, 4) is 5.75 Å². The summed E-state index contributed by atoms with van der Waals surface area (Å²) < 4.78 is 37.5. The molecule has 2 heterocycles. The largest absolute Gasteiger partial charge is 0.505 e. The molecule has 1 aliphatic heterocycles. The number of anilines is 1. The van der Waals surface area contributed by atoms with Gasteiger partial charge >= 0.3 is 10.2 Å². The number of furan rings is 1. The number of aliphatic imine (C=N–C) groups is 1. The number of nitrogens with zero attached hydrogens (tertiary/aromatic N) is 4. The zero-order chi connectivity index (χ0) is 24.6. The van der Waals surface area contributed by atoms with E-state index in [2.05, 4.69) is 24.4 Å². The van der Waals surface area contributed by atoms with Crippen LogP contribution >= 0.6 is 11.6 Å². The fraction of sp³-hybridized carbons (Fsp3) is 0.381. The lowest BCUT2D eigenvalue weighted by molar-refractivity contribution is 0.264. The third-order valence-corrected chi connectivity index (χ3v) is 5.86. The highest BCUT2D eigenvalue weighted by Crippen LogP contribution is 2.35. The number of hydrogen-bond donors (Lipinski definition) is 3. The molecule has 1 aliphatic rings. The molecule has 0 fully saturated rings. The fourth-order valence-electron chi connectivity index (χ4n) is 3.36. The Labute approximate surface area is 198 Å². The molecule has 0 saturated heterocycles. The Bertz CT molecular complexity index is 1240. The van der Waals surface area contributed by atoms with Crippen molar-refractivity contribution in [1.29, 1.82) is 0 Å². The van der Waals surface area contributed by atoms with E-state index < -0.39 is 21.7 Å². The van der Waals surface area contributed by atoms with Gasteiger partial charge < -0.3 is 25.1 Å². The molecule has 12 heteroatoms. The lowest BCUT2D eigenvalue weighted by Gasteiger charge is -2.30. The van der Waals surface area contributed by atoms with Crippen molar-refractivity contribution in [3.05, 3.63) is 46.9 Å². The standard InChI is InChI=1S/C21H27ClN6O4S/c1-21(2,3)17(14-10-11-15(22)32-14)25-19-18(26-33(30,31)27-19)24-13-9-7-8-12(16(13)29)20(23-4)28(5)6/h7-11,17,29H,1-6H3,(H,24,26)(H,25,27)/b23-20-/t17-/m0/s1. The lowest BCUT2D eigenvalue weighted by atomic mass is 9.85. The van der Waals surface area contributed by atoms with Crippen LogP contribution in [0.25, 0.3) is 0 Å². The molecule has 0 saturated carbocycles. The first-order valence-corrected chi connectivity index (χ1v) is 11.8. The maximum absolute atomic E-state index is 12.2. The molecule has 0 amide bonds. The molecule has 3 N–H and O–H groups in total. The van der Waals surface area contributed by atoms with Gasteiger partial charge in [-0.15, -0.1) is 8.80 Å². The maximum atomic E-state index is 12.2. The summed E-state index contributed by atoms with van der Waals surface area (Å²) in [5.74, 6) is 0.881. The summed E-state index contributed by atoms with van der Waals surface area (Å²) in [7, 11) is 1.11. The minimum Gasteiger partial charge on any atom is -0.505 e. The number of rotatable bonds is 4. The predicted octanol–water partition coefficient (Wildman–Crippen LogP) is 3.42. The minimum atomic E-state index is -4.11. The van der Waals surface area contributed by atoms with Crippen LogP contribution in [0.3, 0.4) is 0 Å². The second-order valence-corrected chi connectivity index (χ2v) is 10.3. The van der Waals surface area contributed by atoms with E-state index in [0.717, 1.165) is 0 Å². The van der Waals surface area contributed by atoms with Gasteiger partial charge in [0.1, 0.15) is 17.3 Å². The second-order valence-electron chi connectivity index (χ2n) is 8.68. The van der Waals surface area contributed by atoms with Gasteiger partial charge in [0.05, 0.1) is 17.3 Å². The molecule has 2 aromatic rings. The van der Waals surface area contributed by atoms with Crippen molar-refractivity contribution in [2.24, 2.45) is 19.2 Å². The van der Waals surface area contributed by atoms with E-state index in [-0.39, 0.29) is 28.3 Å². The monoisotopic (exact) mass is 494 g/mol. The Morgan fingerprint density at radius 2 is 1.85 bits per heavy atom. The summed E-state index contributed by atoms with van der Waals surface area (Å²) in [5, 5.41) is 17.0. The van der Waals surface area contributed by atoms with E-state index in [1.165, 1.54) is 0 Å². The van der Waals surface area contributed by atoms with Crippen LogP contribution in [0.5, 0.6) is 5.75 Å². The summed E-state index contributed by atoms with van der Waals surface area (Å²) in [6, 6.07) is 7.86. The number of halogens is 1. The number of hydrogen-bond acceptors (Lipinski definition) is 7. The second kappa shape index (κ2) is 9.06. The molecule has 1 atom stereocenters. The Kier molecular flexibility index (Phi) is 6.75. The lowest BCUT2D eigenvalue weighted by Crippen LogP contribution is -2.41. The molecule has 0 radical (unpaired) electrons.